The van der Waals surface area contributed by atoms with Crippen LogP contribution in [0.25, 0.3) is 0 Å². The van der Waals surface area contributed by atoms with Crippen LogP contribution in [0.2, 0.25) is 0 Å². The highest BCUT2D eigenvalue weighted by atomic mass is 32.2. The van der Waals surface area contributed by atoms with Crippen LogP contribution in [0, 0.1) is 6.92 Å². The van der Waals surface area contributed by atoms with Gasteiger partial charge in [-0.05, 0) is 55.8 Å². The lowest BCUT2D eigenvalue weighted by Gasteiger charge is -2.24. The molecule has 0 aliphatic carbocycles. The lowest BCUT2D eigenvalue weighted by Crippen LogP contribution is -2.38. The van der Waals surface area contributed by atoms with Gasteiger partial charge >= 0.3 is 0 Å². The second-order valence-corrected chi connectivity index (χ2v) is 8.71. The maximum atomic E-state index is 13.3. The molecule has 0 atom stereocenters. The Morgan fingerprint density at radius 1 is 0.900 bits per heavy atom. The molecule has 30 heavy (non-hydrogen) atoms. The summed E-state index contributed by atoms with van der Waals surface area (Å²) in [5.41, 5.74) is 2.15. The Labute approximate surface area is 176 Å². The van der Waals surface area contributed by atoms with Gasteiger partial charge in [0.25, 0.3) is 10.0 Å². The van der Waals surface area contributed by atoms with Gasteiger partial charge in [-0.3, -0.25) is 13.9 Å². The minimum absolute atomic E-state index is 0.0953. The molecule has 3 aromatic carbocycles. The summed E-state index contributed by atoms with van der Waals surface area (Å²) in [6.07, 6.45) is 0. The van der Waals surface area contributed by atoms with Crippen LogP contribution in [-0.4, -0.2) is 26.7 Å². The molecule has 7 heteroatoms. The minimum atomic E-state index is -3.96. The third kappa shape index (κ3) is 4.93. The Bertz CT molecular complexity index is 1170. The summed E-state index contributed by atoms with van der Waals surface area (Å²) >= 11 is 0. The number of rotatable bonds is 7. The van der Waals surface area contributed by atoms with E-state index in [-0.39, 0.29) is 10.7 Å². The fourth-order valence-electron chi connectivity index (χ4n) is 2.96. The zero-order valence-corrected chi connectivity index (χ0v) is 17.5. The molecule has 1 N–H and O–H groups in total. The van der Waals surface area contributed by atoms with Crippen molar-refractivity contribution in [2.24, 2.45) is 0 Å². The van der Waals surface area contributed by atoms with E-state index in [9.17, 15) is 18.0 Å². The summed E-state index contributed by atoms with van der Waals surface area (Å²) < 4.78 is 27.6. The number of hydrogen-bond donors (Lipinski definition) is 1. The van der Waals surface area contributed by atoms with Crippen LogP contribution >= 0.6 is 0 Å². The molecule has 0 fully saturated rings. The number of amides is 1. The smallest absolute Gasteiger partial charge is 0.264 e. The third-order valence-corrected chi connectivity index (χ3v) is 6.25. The number of carbonyl (C=O) groups excluding carboxylic acids is 2. The molecular weight excluding hydrogens is 400 g/mol. The Kier molecular flexibility index (Phi) is 6.32. The van der Waals surface area contributed by atoms with E-state index in [1.807, 2.05) is 13.0 Å². The van der Waals surface area contributed by atoms with Gasteiger partial charge in [0.1, 0.15) is 6.54 Å². The number of anilines is 2. The number of benzene rings is 3. The third-order valence-electron chi connectivity index (χ3n) is 4.46. The number of sulfonamides is 1. The van der Waals surface area contributed by atoms with Gasteiger partial charge in [0, 0.05) is 11.3 Å². The average molecular weight is 423 g/mol. The summed E-state index contributed by atoms with van der Waals surface area (Å²) in [5, 5.41) is 2.68. The molecular formula is C23H22N2O4S. The molecule has 0 radical (unpaired) electrons. The maximum absolute atomic E-state index is 13.3. The summed E-state index contributed by atoms with van der Waals surface area (Å²) in [6, 6.07) is 21.4. The van der Waals surface area contributed by atoms with Gasteiger partial charge in [-0.25, -0.2) is 8.42 Å². The van der Waals surface area contributed by atoms with Gasteiger partial charge in [0.05, 0.1) is 10.6 Å². The van der Waals surface area contributed by atoms with E-state index in [0.29, 0.717) is 16.9 Å². The molecule has 0 bridgehead atoms. The van der Waals surface area contributed by atoms with E-state index in [0.717, 1.165) is 9.87 Å². The van der Waals surface area contributed by atoms with Crippen LogP contribution in [0.4, 0.5) is 11.4 Å². The van der Waals surface area contributed by atoms with E-state index in [1.165, 1.54) is 19.1 Å². The molecule has 0 saturated carbocycles. The molecule has 3 rings (SSSR count). The number of aryl methyl sites for hydroxylation is 1. The van der Waals surface area contributed by atoms with E-state index in [2.05, 4.69) is 5.32 Å². The zero-order valence-electron chi connectivity index (χ0n) is 16.7. The van der Waals surface area contributed by atoms with Crippen molar-refractivity contribution in [2.75, 3.05) is 16.2 Å². The molecule has 0 saturated heterocycles. The number of carbonyl (C=O) groups is 2. The normalized spacial score (nSPS) is 11.0. The Hall–Kier alpha value is -3.45. The molecule has 0 spiro atoms. The Morgan fingerprint density at radius 2 is 1.60 bits per heavy atom. The highest BCUT2D eigenvalue weighted by molar-refractivity contribution is 7.92. The van der Waals surface area contributed by atoms with Crippen molar-refractivity contribution in [1.82, 2.24) is 0 Å². The van der Waals surface area contributed by atoms with Crippen molar-refractivity contribution in [2.45, 2.75) is 18.7 Å². The van der Waals surface area contributed by atoms with Crippen LogP contribution < -0.4 is 9.62 Å². The van der Waals surface area contributed by atoms with Crippen LogP contribution in [0.15, 0.2) is 83.8 Å². The predicted octanol–water partition coefficient (Wildman–Crippen LogP) is 4.03. The second kappa shape index (κ2) is 8.92. The van der Waals surface area contributed by atoms with Crippen LogP contribution in [0.5, 0.6) is 0 Å². The number of Topliss-reactive ketones (excluding diaryl/α,β-unsaturated/α-hetero) is 1. The van der Waals surface area contributed by atoms with Gasteiger partial charge in [0.2, 0.25) is 5.91 Å². The molecule has 6 nitrogen and oxygen atoms in total. The molecule has 0 aliphatic rings. The predicted molar refractivity (Wildman–Crippen MR) is 117 cm³/mol. The van der Waals surface area contributed by atoms with Crippen molar-refractivity contribution in [1.29, 1.82) is 0 Å². The van der Waals surface area contributed by atoms with Crippen LogP contribution in [0.1, 0.15) is 22.8 Å². The Balaban J connectivity index is 1.92. The van der Waals surface area contributed by atoms with E-state index in [1.54, 1.807) is 60.7 Å². The molecule has 0 unspecified atom stereocenters. The van der Waals surface area contributed by atoms with Gasteiger partial charge in [-0.2, -0.15) is 0 Å². The molecule has 1 amide bonds. The number of hydrogen-bond acceptors (Lipinski definition) is 4. The SMILES string of the molecule is CC(=O)c1cccc(NC(=O)CN(c2cccc(C)c2)S(=O)(=O)c2ccccc2)c1. The summed E-state index contributed by atoms with van der Waals surface area (Å²) in [7, 11) is -3.96. The van der Waals surface area contributed by atoms with Gasteiger partial charge < -0.3 is 5.32 Å². The molecule has 0 heterocycles. The van der Waals surface area contributed by atoms with Crippen LogP contribution in [-0.2, 0) is 14.8 Å². The largest absolute Gasteiger partial charge is 0.324 e. The number of ketones is 1. The van der Waals surface area contributed by atoms with Crippen molar-refractivity contribution >= 4 is 33.1 Å². The van der Waals surface area contributed by atoms with E-state index in [4.69, 9.17) is 0 Å². The zero-order chi connectivity index (χ0) is 21.7. The first-order valence-corrected chi connectivity index (χ1v) is 10.8. The summed E-state index contributed by atoms with van der Waals surface area (Å²) in [6.45, 7) is 2.88. The lowest BCUT2D eigenvalue weighted by atomic mass is 10.1. The van der Waals surface area contributed by atoms with Gasteiger partial charge in [0.15, 0.2) is 5.78 Å². The first-order chi connectivity index (χ1) is 14.3. The fraction of sp³-hybridized carbons (Fsp3) is 0.130. The standard InChI is InChI=1S/C23H22N2O4S/c1-17-8-6-11-21(14-17)25(30(28,29)22-12-4-3-5-13-22)16-23(27)24-20-10-7-9-19(15-20)18(2)26/h3-15H,16H2,1-2H3,(H,24,27). The monoisotopic (exact) mass is 422 g/mol. The maximum Gasteiger partial charge on any atom is 0.264 e. The van der Waals surface area contributed by atoms with Gasteiger partial charge in [-0.1, -0.05) is 42.5 Å². The Morgan fingerprint density at radius 3 is 2.27 bits per heavy atom. The van der Waals surface area contributed by atoms with Crippen molar-refractivity contribution < 1.29 is 18.0 Å². The van der Waals surface area contributed by atoms with Crippen molar-refractivity contribution in [3.63, 3.8) is 0 Å². The number of nitrogens with one attached hydrogen (secondary N) is 1. The fourth-order valence-corrected chi connectivity index (χ4v) is 4.40. The minimum Gasteiger partial charge on any atom is -0.324 e. The first kappa shape index (κ1) is 21.3. The second-order valence-electron chi connectivity index (χ2n) is 6.85. The quantitative estimate of drug-likeness (QED) is 0.583. The van der Waals surface area contributed by atoms with Crippen molar-refractivity contribution in [3.05, 3.63) is 90.0 Å². The lowest BCUT2D eigenvalue weighted by molar-refractivity contribution is -0.114. The summed E-state index contributed by atoms with van der Waals surface area (Å²) in [4.78, 5) is 24.4. The molecule has 3 aromatic rings. The average Bonchev–Trinajstić information content (AvgIpc) is 2.72. The molecule has 0 aliphatic heterocycles. The van der Waals surface area contributed by atoms with E-state index < -0.39 is 22.5 Å². The van der Waals surface area contributed by atoms with Crippen molar-refractivity contribution in [3.8, 4) is 0 Å². The van der Waals surface area contributed by atoms with E-state index >= 15 is 0 Å². The highest BCUT2D eigenvalue weighted by Crippen LogP contribution is 2.24. The topological polar surface area (TPSA) is 83.6 Å². The number of nitrogens with zero attached hydrogens (tertiary/aromatic N) is 1. The first-order valence-electron chi connectivity index (χ1n) is 9.33. The summed E-state index contributed by atoms with van der Waals surface area (Å²) in [5.74, 6) is -0.643. The molecule has 0 aromatic heterocycles. The highest BCUT2D eigenvalue weighted by Gasteiger charge is 2.27. The van der Waals surface area contributed by atoms with Gasteiger partial charge in [-0.15, -0.1) is 0 Å². The van der Waals surface area contributed by atoms with Crippen LogP contribution in [0.3, 0.4) is 0 Å². The molecule has 154 valence electrons.